The van der Waals surface area contributed by atoms with E-state index < -0.39 is 0 Å². The third-order valence-electron chi connectivity index (χ3n) is 4.89. The molecule has 4 heteroatoms. The van der Waals surface area contributed by atoms with Crippen LogP contribution in [0.15, 0.2) is 22.7 Å². The number of ether oxygens (including phenoxy) is 1. The van der Waals surface area contributed by atoms with E-state index >= 15 is 0 Å². The summed E-state index contributed by atoms with van der Waals surface area (Å²) in [6.45, 7) is 0.883. The fourth-order valence-corrected chi connectivity index (χ4v) is 4.30. The Morgan fingerprint density at radius 1 is 1.45 bits per heavy atom. The SMILES string of the molecule is CNC(c1cccc(Br)c1Cl)C1CCOC2(CCC2)C1. The fraction of sp³-hybridized carbons (Fsp3) is 0.625. The maximum absolute atomic E-state index is 6.49. The van der Waals surface area contributed by atoms with E-state index in [0.29, 0.717) is 12.0 Å². The van der Waals surface area contributed by atoms with Gasteiger partial charge in [-0.2, -0.15) is 0 Å². The van der Waals surface area contributed by atoms with Crippen molar-refractivity contribution in [1.29, 1.82) is 0 Å². The quantitative estimate of drug-likeness (QED) is 0.844. The smallest absolute Gasteiger partial charge is 0.0686 e. The lowest BCUT2D eigenvalue weighted by Crippen LogP contribution is -2.47. The van der Waals surface area contributed by atoms with Gasteiger partial charge in [0.15, 0.2) is 0 Å². The first-order chi connectivity index (χ1) is 9.65. The molecule has 0 bridgehead atoms. The van der Waals surface area contributed by atoms with E-state index in [1.54, 1.807) is 0 Å². The number of nitrogens with one attached hydrogen (secondary N) is 1. The van der Waals surface area contributed by atoms with Crippen molar-refractivity contribution in [3.8, 4) is 0 Å². The first kappa shape index (κ1) is 14.8. The van der Waals surface area contributed by atoms with Crippen LogP contribution in [0.2, 0.25) is 5.02 Å². The number of hydrogen-bond donors (Lipinski definition) is 1. The molecule has 1 saturated heterocycles. The molecule has 0 amide bonds. The van der Waals surface area contributed by atoms with Crippen LogP contribution in [0, 0.1) is 5.92 Å². The van der Waals surface area contributed by atoms with Gasteiger partial charge in [-0.1, -0.05) is 23.7 Å². The van der Waals surface area contributed by atoms with Gasteiger partial charge in [0, 0.05) is 17.1 Å². The zero-order valence-corrected chi connectivity index (χ0v) is 14.1. The molecule has 2 atom stereocenters. The van der Waals surface area contributed by atoms with Crippen LogP contribution in [-0.4, -0.2) is 19.3 Å². The second-order valence-electron chi connectivity index (χ2n) is 6.05. The molecular formula is C16H21BrClNO. The number of halogens is 2. The van der Waals surface area contributed by atoms with Gasteiger partial charge in [-0.3, -0.25) is 0 Å². The lowest BCUT2D eigenvalue weighted by atomic mass is 9.69. The highest BCUT2D eigenvalue weighted by Crippen LogP contribution is 2.48. The van der Waals surface area contributed by atoms with Crippen molar-refractivity contribution in [3.63, 3.8) is 0 Å². The van der Waals surface area contributed by atoms with Crippen molar-refractivity contribution in [1.82, 2.24) is 5.32 Å². The summed E-state index contributed by atoms with van der Waals surface area (Å²) in [7, 11) is 2.03. The highest BCUT2D eigenvalue weighted by Gasteiger charge is 2.44. The van der Waals surface area contributed by atoms with Crippen molar-refractivity contribution < 1.29 is 4.74 Å². The predicted octanol–water partition coefficient (Wildman–Crippen LogP) is 4.71. The molecule has 3 rings (SSSR count). The molecule has 1 aliphatic carbocycles. The summed E-state index contributed by atoms with van der Waals surface area (Å²) in [6, 6.07) is 6.50. The Balaban J connectivity index is 1.84. The summed E-state index contributed by atoms with van der Waals surface area (Å²) in [4.78, 5) is 0. The van der Waals surface area contributed by atoms with Crippen molar-refractivity contribution >= 4 is 27.5 Å². The molecule has 0 aromatic heterocycles. The molecular weight excluding hydrogens is 338 g/mol. The van der Waals surface area contributed by atoms with Crippen LogP contribution in [0.4, 0.5) is 0 Å². The first-order valence-corrected chi connectivity index (χ1v) is 8.57. The van der Waals surface area contributed by atoms with E-state index in [-0.39, 0.29) is 5.60 Å². The van der Waals surface area contributed by atoms with Gasteiger partial charge in [-0.05, 0) is 72.6 Å². The summed E-state index contributed by atoms with van der Waals surface area (Å²) >= 11 is 10.0. The van der Waals surface area contributed by atoms with E-state index in [4.69, 9.17) is 16.3 Å². The summed E-state index contributed by atoms with van der Waals surface area (Å²) in [6.07, 6.45) is 6.03. The molecule has 2 unspecified atom stereocenters. The third-order valence-corrected chi connectivity index (χ3v) is 6.21. The van der Waals surface area contributed by atoms with Gasteiger partial charge in [0.1, 0.15) is 0 Å². The summed E-state index contributed by atoms with van der Waals surface area (Å²) < 4.78 is 7.02. The van der Waals surface area contributed by atoms with Gasteiger partial charge in [0.2, 0.25) is 0 Å². The van der Waals surface area contributed by atoms with E-state index in [0.717, 1.165) is 28.9 Å². The Labute approximate surface area is 134 Å². The van der Waals surface area contributed by atoms with Crippen LogP contribution in [0.3, 0.4) is 0 Å². The molecule has 2 aliphatic rings. The molecule has 0 radical (unpaired) electrons. The Kier molecular flexibility index (Phi) is 4.42. The average Bonchev–Trinajstić information content (AvgIpc) is 2.43. The minimum Gasteiger partial charge on any atom is -0.375 e. The van der Waals surface area contributed by atoms with Gasteiger partial charge in [-0.15, -0.1) is 0 Å². The van der Waals surface area contributed by atoms with Crippen molar-refractivity contribution in [3.05, 3.63) is 33.3 Å². The monoisotopic (exact) mass is 357 g/mol. The van der Waals surface area contributed by atoms with E-state index in [1.165, 1.54) is 24.8 Å². The van der Waals surface area contributed by atoms with Crippen LogP contribution in [-0.2, 0) is 4.74 Å². The minimum absolute atomic E-state index is 0.177. The maximum Gasteiger partial charge on any atom is 0.0686 e. The van der Waals surface area contributed by atoms with Crippen LogP contribution < -0.4 is 5.32 Å². The average molecular weight is 359 g/mol. The third kappa shape index (κ3) is 2.66. The van der Waals surface area contributed by atoms with E-state index in [2.05, 4.69) is 33.4 Å². The van der Waals surface area contributed by atoms with Gasteiger partial charge < -0.3 is 10.1 Å². The summed E-state index contributed by atoms with van der Waals surface area (Å²) in [5.74, 6) is 0.598. The maximum atomic E-state index is 6.49. The molecule has 1 spiro atoms. The Morgan fingerprint density at radius 3 is 2.90 bits per heavy atom. The zero-order chi connectivity index (χ0) is 14.2. The molecule has 1 aromatic carbocycles. The molecule has 20 heavy (non-hydrogen) atoms. The van der Waals surface area contributed by atoms with Gasteiger partial charge in [0.05, 0.1) is 10.6 Å². The largest absolute Gasteiger partial charge is 0.375 e. The highest BCUT2D eigenvalue weighted by atomic mass is 79.9. The lowest BCUT2D eigenvalue weighted by molar-refractivity contribution is -0.147. The molecule has 1 aromatic rings. The zero-order valence-electron chi connectivity index (χ0n) is 11.8. The standard InChI is InChI=1S/C16H21BrClNO/c1-19-15(12-4-2-5-13(17)14(12)18)11-6-9-20-16(10-11)7-3-8-16/h2,4-5,11,15,19H,3,6-10H2,1H3. The Morgan fingerprint density at radius 2 is 2.25 bits per heavy atom. The molecule has 1 aliphatic heterocycles. The molecule has 1 heterocycles. The second-order valence-corrected chi connectivity index (χ2v) is 7.28. The number of hydrogen-bond acceptors (Lipinski definition) is 2. The Hall–Kier alpha value is -0.0900. The molecule has 2 nitrogen and oxygen atoms in total. The van der Waals surface area contributed by atoms with Crippen LogP contribution in [0.25, 0.3) is 0 Å². The normalized spacial score (nSPS) is 26.2. The number of rotatable bonds is 3. The fourth-order valence-electron chi connectivity index (χ4n) is 3.68. The van der Waals surface area contributed by atoms with Crippen LogP contribution in [0.5, 0.6) is 0 Å². The van der Waals surface area contributed by atoms with Crippen molar-refractivity contribution in [2.24, 2.45) is 5.92 Å². The first-order valence-electron chi connectivity index (χ1n) is 7.40. The van der Waals surface area contributed by atoms with Crippen LogP contribution >= 0.6 is 27.5 Å². The summed E-state index contributed by atoms with van der Waals surface area (Å²) in [5, 5.41) is 4.32. The van der Waals surface area contributed by atoms with Gasteiger partial charge in [0.25, 0.3) is 0 Å². The second kappa shape index (κ2) is 5.96. The van der Waals surface area contributed by atoms with E-state index in [1.807, 2.05) is 13.1 Å². The van der Waals surface area contributed by atoms with E-state index in [9.17, 15) is 0 Å². The van der Waals surface area contributed by atoms with Gasteiger partial charge >= 0.3 is 0 Å². The van der Waals surface area contributed by atoms with Gasteiger partial charge in [-0.25, -0.2) is 0 Å². The lowest BCUT2D eigenvalue weighted by Gasteiger charge is -2.49. The number of benzene rings is 1. The molecule has 1 N–H and O–H groups in total. The highest BCUT2D eigenvalue weighted by molar-refractivity contribution is 9.10. The van der Waals surface area contributed by atoms with Crippen LogP contribution in [0.1, 0.15) is 43.7 Å². The Bertz CT molecular complexity index is 489. The molecule has 2 fully saturated rings. The van der Waals surface area contributed by atoms with Crippen molar-refractivity contribution in [2.75, 3.05) is 13.7 Å². The van der Waals surface area contributed by atoms with Crippen molar-refractivity contribution in [2.45, 2.75) is 43.7 Å². The minimum atomic E-state index is 0.177. The predicted molar refractivity (Wildman–Crippen MR) is 86.2 cm³/mol. The summed E-state index contributed by atoms with van der Waals surface area (Å²) in [5.41, 5.74) is 1.38. The molecule has 1 saturated carbocycles. The molecule has 110 valence electrons. The topological polar surface area (TPSA) is 21.3 Å².